The first-order valence-electron chi connectivity index (χ1n) is 5.65. The molecule has 0 aliphatic heterocycles. The smallest absolute Gasteiger partial charge is 0.305 e. The van der Waals surface area contributed by atoms with Gasteiger partial charge in [-0.3, -0.25) is 4.79 Å². The Morgan fingerprint density at radius 1 is 1.06 bits per heavy atom. The number of esters is 1. The van der Waals surface area contributed by atoms with Crippen LogP contribution in [0.4, 0.5) is 0 Å². The minimum Gasteiger partial charge on any atom is -0.469 e. The molecule has 1 N–H and O–H groups in total. The summed E-state index contributed by atoms with van der Waals surface area (Å²) in [5.74, 6) is -0.148. The minimum absolute atomic E-state index is 0.148. The third kappa shape index (κ3) is 11.4. The zero-order valence-electron chi connectivity index (χ0n) is 10.3. The molecule has 0 amide bonds. The van der Waals surface area contributed by atoms with Crippen molar-refractivity contribution in [2.45, 2.75) is 19.3 Å². The molecular formula is C11H23NO4. The zero-order chi connectivity index (χ0) is 12.1. The maximum atomic E-state index is 10.8. The van der Waals surface area contributed by atoms with E-state index in [2.05, 4.69) is 10.1 Å². The van der Waals surface area contributed by atoms with Crippen LogP contribution < -0.4 is 5.32 Å². The molecule has 0 atom stereocenters. The third-order valence-corrected chi connectivity index (χ3v) is 2.04. The number of hydrogen-bond acceptors (Lipinski definition) is 5. The molecule has 0 aromatic heterocycles. The molecule has 0 rings (SSSR count). The Bertz CT molecular complexity index is 164. The van der Waals surface area contributed by atoms with Crippen LogP contribution in [0.1, 0.15) is 19.3 Å². The summed E-state index contributed by atoms with van der Waals surface area (Å²) in [5.41, 5.74) is 0. The van der Waals surface area contributed by atoms with Gasteiger partial charge in [0.1, 0.15) is 0 Å². The van der Waals surface area contributed by atoms with Crippen molar-refractivity contribution in [3.63, 3.8) is 0 Å². The van der Waals surface area contributed by atoms with Gasteiger partial charge < -0.3 is 19.5 Å². The Morgan fingerprint density at radius 2 is 1.81 bits per heavy atom. The third-order valence-electron chi connectivity index (χ3n) is 2.04. The van der Waals surface area contributed by atoms with Crippen molar-refractivity contribution < 1.29 is 19.0 Å². The molecule has 5 heteroatoms. The number of carbonyl (C=O) groups is 1. The molecule has 0 saturated heterocycles. The second kappa shape index (κ2) is 12.4. The summed E-state index contributed by atoms with van der Waals surface area (Å²) in [5, 5.41) is 3.24. The molecule has 0 aliphatic carbocycles. The fourth-order valence-electron chi connectivity index (χ4n) is 1.13. The van der Waals surface area contributed by atoms with Gasteiger partial charge >= 0.3 is 5.97 Å². The summed E-state index contributed by atoms with van der Waals surface area (Å²) < 4.78 is 14.7. The van der Waals surface area contributed by atoms with Crippen molar-refractivity contribution >= 4 is 5.97 Å². The first-order chi connectivity index (χ1) is 7.81. The van der Waals surface area contributed by atoms with Crippen LogP contribution in [-0.2, 0) is 19.0 Å². The van der Waals surface area contributed by atoms with Gasteiger partial charge in [-0.1, -0.05) is 0 Å². The summed E-state index contributed by atoms with van der Waals surface area (Å²) in [4.78, 5) is 10.8. The first-order valence-corrected chi connectivity index (χ1v) is 5.65. The molecule has 5 nitrogen and oxygen atoms in total. The second-order valence-electron chi connectivity index (χ2n) is 3.39. The number of rotatable bonds is 11. The Morgan fingerprint density at radius 3 is 2.50 bits per heavy atom. The number of ether oxygens (including phenoxy) is 3. The van der Waals surface area contributed by atoms with Crippen LogP contribution in [0.2, 0.25) is 0 Å². The molecule has 0 saturated carbocycles. The highest BCUT2D eigenvalue weighted by Crippen LogP contribution is 1.89. The van der Waals surface area contributed by atoms with Crippen LogP contribution >= 0.6 is 0 Å². The van der Waals surface area contributed by atoms with Gasteiger partial charge in [0.25, 0.3) is 0 Å². The standard InChI is InChI=1S/C11H23NO4/c1-14-9-10-16-8-4-7-12-6-3-5-11(13)15-2/h12H,3-10H2,1-2H3. The van der Waals surface area contributed by atoms with E-state index >= 15 is 0 Å². The van der Waals surface area contributed by atoms with Gasteiger partial charge in [-0.25, -0.2) is 0 Å². The summed E-state index contributed by atoms with van der Waals surface area (Å²) in [7, 11) is 3.07. The lowest BCUT2D eigenvalue weighted by Crippen LogP contribution is -2.19. The van der Waals surface area contributed by atoms with E-state index in [1.54, 1.807) is 7.11 Å². The zero-order valence-corrected chi connectivity index (χ0v) is 10.3. The van der Waals surface area contributed by atoms with Crippen molar-refractivity contribution in [3.05, 3.63) is 0 Å². The number of carbonyl (C=O) groups excluding carboxylic acids is 1. The summed E-state index contributed by atoms with van der Waals surface area (Å²) in [6.45, 7) is 3.79. The van der Waals surface area contributed by atoms with E-state index in [0.29, 0.717) is 19.6 Å². The molecule has 0 radical (unpaired) electrons. The van der Waals surface area contributed by atoms with Gasteiger partial charge in [-0.2, -0.15) is 0 Å². The van der Waals surface area contributed by atoms with Crippen molar-refractivity contribution in [1.29, 1.82) is 0 Å². The molecule has 0 unspecified atom stereocenters. The van der Waals surface area contributed by atoms with Crippen molar-refractivity contribution in [3.8, 4) is 0 Å². The first kappa shape index (κ1) is 15.3. The fraction of sp³-hybridized carbons (Fsp3) is 0.909. The van der Waals surface area contributed by atoms with E-state index in [-0.39, 0.29) is 5.97 Å². The predicted molar refractivity (Wildman–Crippen MR) is 61.4 cm³/mol. The van der Waals surface area contributed by atoms with Gasteiger partial charge in [-0.15, -0.1) is 0 Å². The average molecular weight is 233 g/mol. The average Bonchev–Trinajstić information content (AvgIpc) is 2.31. The number of nitrogens with one attached hydrogen (secondary N) is 1. The largest absolute Gasteiger partial charge is 0.469 e. The highest BCUT2D eigenvalue weighted by Gasteiger charge is 1.98. The van der Waals surface area contributed by atoms with E-state index in [4.69, 9.17) is 9.47 Å². The Hall–Kier alpha value is -0.650. The van der Waals surface area contributed by atoms with Crippen LogP contribution in [0, 0.1) is 0 Å². The van der Waals surface area contributed by atoms with Crippen LogP contribution in [0.25, 0.3) is 0 Å². The Balaban J connectivity index is 2.96. The highest BCUT2D eigenvalue weighted by molar-refractivity contribution is 5.68. The van der Waals surface area contributed by atoms with E-state index in [0.717, 1.165) is 32.5 Å². The topological polar surface area (TPSA) is 56.8 Å². The van der Waals surface area contributed by atoms with Crippen LogP contribution in [0.3, 0.4) is 0 Å². The molecule has 0 aliphatic rings. The molecule has 96 valence electrons. The highest BCUT2D eigenvalue weighted by atomic mass is 16.5. The summed E-state index contributed by atoms with van der Waals surface area (Å²) in [6, 6.07) is 0. The molecular weight excluding hydrogens is 210 g/mol. The maximum Gasteiger partial charge on any atom is 0.305 e. The number of methoxy groups -OCH3 is 2. The SMILES string of the molecule is COCCOCCCNCCCC(=O)OC. The quantitative estimate of drug-likeness (QED) is 0.418. The Kier molecular flexibility index (Phi) is 11.9. The molecule has 0 aromatic rings. The van der Waals surface area contributed by atoms with E-state index in [9.17, 15) is 4.79 Å². The molecule has 0 heterocycles. The van der Waals surface area contributed by atoms with Gasteiger partial charge in [0, 0.05) is 20.1 Å². The van der Waals surface area contributed by atoms with Crippen molar-refractivity contribution in [2.24, 2.45) is 0 Å². The lowest BCUT2D eigenvalue weighted by atomic mass is 10.3. The lowest BCUT2D eigenvalue weighted by molar-refractivity contribution is -0.140. The monoisotopic (exact) mass is 233 g/mol. The normalized spacial score (nSPS) is 10.4. The van der Waals surface area contributed by atoms with Gasteiger partial charge in [-0.05, 0) is 25.9 Å². The number of hydrogen-bond donors (Lipinski definition) is 1. The Labute approximate surface area is 97.4 Å². The van der Waals surface area contributed by atoms with Gasteiger partial charge in [0.2, 0.25) is 0 Å². The summed E-state index contributed by atoms with van der Waals surface area (Å²) in [6.07, 6.45) is 2.27. The van der Waals surface area contributed by atoms with E-state index in [1.807, 2.05) is 0 Å². The molecule has 0 aromatic carbocycles. The molecule has 0 fully saturated rings. The van der Waals surface area contributed by atoms with Crippen LogP contribution in [-0.4, -0.2) is 53.1 Å². The van der Waals surface area contributed by atoms with Gasteiger partial charge in [0.05, 0.1) is 20.3 Å². The predicted octanol–water partition coefficient (Wildman–Crippen LogP) is 0.582. The molecule has 16 heavy (non-hydrogen) atoms. The van der Waals surface area contributed by atoms with E-state index in [1.165, 1.54) is 7.11 Å². The second-order valence-corrected chi connectivity index (χ2v) is 3.39. The molecule has 0 bridgehead atoms. The van der Waals surface area contributed by atoms with Gasteiger partial charge in [0.15, 0.2) is 0 Å². The minimum atomic E-state index is -0.148. The van der Waals surface area contributed by atoms with Crippen molar-refractivity contribution in [1.82, 2.24) is 5.32 Å². The molecule has 0 spiro atoms. The summed E-state index contributed by atoms with van der Waals surface area (Å²) >= 11 is 0. The van der Waals surface area contributed by atoms with E-state index < -0.39 is 0 Å². The lowest BCUT2D eigenvalue weighted by Gasteiger charge is -2.05. The fourth-order valence-corrected chi connectivity index (χ4v) is 1.13. The van der Waals surface area contributed by atoms with Crippen LogP contribution in [0.5, 0.6) is 0 Å². The van der Waals surface area contributed by atoms with Crippen LogP contribution in [0.15, 0.2) is 0 Å². The maximum absolute atomic E-state index is 10.8. The van der Waals surface area contributed by atoms with Crippen molar-refractivity contribution in [2.75, 3.05) is 47.1 Å².